The minimum Gasteiger partial charge on any atom is -0.508 e. The Morgan fingerprint density at radius 1 is 0.510 bits per heavy atom. The van der Waals surface area contributed by atoms with Crippen molar-refractivity contribution >= 4 is 92.2 Å². The second-order valence-electron chi connectivity index (χ2n) is 20.6. The fraction of sp³-hybridized carbons (Fsp3) is 0.278. The van der Waals surface area contributed by atoms with Gasteiger partial charge in [0.15, 0.2) is 12.6 Å². The molecule has 96 heavy (non-hydrogen) atoms. The van der Waals surface area contributed by atoms with Crippen LogP contribution in [0.25, 0.3) is 11.4 Å². The second kappa shape index (κ2) is 41.1. The molecule has 2 aromatic heterocycles. The smallest absolute Gasteiger partial charge is 0.154 e. The van der Waals surface area contributed by atoms with Crippen LogP contribution in [0.15, 0.2) is 161 Å². The van der Waals surface area contributed by atoms with Gasteiger partial charge in [-0.3, -0.25) is 19.3 Å². The van der Waals surface area contributed by atoms with Gasteiger partial charge < -0.3 is 67.8 Å². The van der Waals surface area contributed by atoms with E-state index in [1.807, 2.05) is 65.3 Å². The number of hydrogen-bond donors (Lipinski definition) is 4. The zero-order chi connectivity index (χ0) is 69.4. The van der Waals surface area contributed by atoms with Crippen LogP contribution in [0.4, 0.5) is 0 Å². The maximum absolute atomic E-state index is 11.6. The highest BCUT2D eigenvalue weighted by molar-refractivity contribution is 9.12. The normalized spacial score (nSPS) is 11.8. The molecular weight excluding hydrogens is 1560 g/mol. The van der Waals surface area contributed by atoms with Crippen molar-refractivity contribution in [3.05, 3.63) is 200 Å². The first kappa shape index (κ1) is 76.9. The van der Waals surface area contributed by atoms with Gasteiger partial charge in [0, 0.05) is 87.9 Å². The van der Waals surface area contributed by atoms with Crippen molar-refractivity contribution < 1.29 is 77.4 Å². The molecule has 7 aromatic carbocycles. The first-order chi connectivity index (χ1) is 46.5. The lowest BCUT2D eigenvalue weighted by Crippen LogP contribution is -2.08. The summed E-state index contributed by atoms with van der Waals surface area (Å²) in [6.45, 7) is 7.89. The quantitative estimate of drug-likeness (QED) is 0.0551. The van der Waals surface area contributed by atoms with Gasteiger partial charge in [0.2, 0.25) is 0 Å². The summed E-state index contributed by atoms with van der Waals surface area (Å²) >= 11 is 16.3. The molecule has 510 valence electrons. The van der Waals surface area contributed by atoms with Gasteiger partial charge in [-0.2, -0.15) is 5.10 Å². The second-order valence-corrected chi connectivity index (χ2v) is 24.7. The monoisotopic (exact) mass is 1630 g/mol. The number of rotatable bonds is 15. The van der Waals surface area contributed by atoms with E-state index in [0.29, 0.717) is 66.2 Å². The number of phenolic OH excluding ortho intramolecular Hbond substituents is 4. The van der Waals surface area contributed by atoms with Crippen LogP contribution >= 0.6 is 79.6 Å². The number of benzene rings is 7. The number of carbonyl (C=O) groups excluding carboxylic acids is 2. The van der Waals surface area contributed by atoms with Gasteiger partial charge in [0.05, 0.1) is 92.9 Å². The number of alkyl halides is 3. The predicted octanol–water partition coefficient (Wildman–Crippen LogP) is 16.5. The number of aromatic hydroxyl groups is 4. The van der Waals surface area contributed by atoms with Crippen LogP contribution in [0, 0.1) is 0 Å². The van der Waals surface area contributed by atoms with Crippen LogP contribution in [0.3, 0.4) is 0 Å². The molecule has 13 rings (SSSR count). The fourth-order valence-corrected chi connectivity index (χ4v) is 10.3. The van der Waals surface area contributed by atoms with E-state index in [4.69, 9.17) is 62.7 Å². The zero-order valence-corrected chi connectivity index (χ0v) is 61.7. The van der Waals surface area contributed by atoms with Gasteiger partial charge in [-0.05, 0) is 179 Å². The lowest BCUT2D eigenvalue weighted by molar-refractivity contribution is 0.111. The Bertz CT molecular complexity index is 3890. The number of fused-ring (bicyclic) bond motifs is 4. The maximum Gasteiger partial charge on any atom is 0.154 e. The predicted molar refractivity (Wildman–Crippen MR) is 388 cm³/mol. The van der Waals surface area contributed by atoms with Gasteiger partial charge in [-0.25, -0.2) is 0 Å². The Hall–Kier alpha value is -8.16. The molecule has 4 aliphatic rings. The molecule has 0 spiro atoms. The minimum absolute atomic E-state index is 0.0363. The number of nitrogens with zero attached hydrogens (tertiary/aromatic N) is 3. The summed E-state index contributed by atoms with van der Waals surface area (Å²) in [5, 5.41) is 43.5. The fourth-order valence-electron chi connectivity index (χ4n) is 9.34. The van der Waals surface area contributed by atoms with Crippen LogP contribution in [-0.4, -0.2) is 125 Å². The third-order valence-corrected chi connectivity index (χ3v) is 17.5. The van der Waals surface area contributed by atoms with E-state index in [-0.39, 0.29) is 23.3 Å². The number of ether oxygens (including phenoxy) is 10. The molecular formula is C72H76Br5N3O16. The van der Waals surface area contributed by atoms with Crippen molar-refractivity contribution in [2.45, 2.75) is 52.2 Å². The third kappa shape index (κ3) is 23.3. The minimum atomic E-state index is 0.0363. The van der Waals surface area contributed by atoms with Crippen molar-refractivity contribution in [3.8, 4) is 91.9 Å². The molecule has 0 amide bonds. The van der Waals surface area contributed by atoms with Gasteiger partial charge >= 0.3 is 0 Å². The molecule has 0 unspecified atom stereocenters. The number of pyridine rings is 1. The van der Waals surface area contributed by atoms with Crippen molar-refractivity contribution in [1.82, 2.24) is 14.8 Å². The van der Waals surface area contributed by atoms with E-state index >= 15 is 0 Å². The molecule has 4 N–H and O–H groups in total. The first-order valence-electron chi connectivity index (χ1n) is 30.0. The average molecular weight is 1640 g/mol. The van der Waals surface area contributed by atoms with Crippen molar-refractivity contribution in [3.63, 3.8) is 0 Å². The topological polar surface area (TPSA) is 238 Å². The number of phenols is 4. The summed E-state index contributed by atoms with van der Waals surface area (Å²) in [7, 11) is 6.49. The largest absolute Gasteiger partial charge is 0.508 e. The van der Waals surface area contributed by atoms with Gasteiger partial charge in [0.25, 0.3) is 0 Å². The number of halogens is 5. The van der Waals surface area contributed by atoms with Crippen LogP contribution in [0.1, 0.15) is 68.4 Å². The Morgan fingerprint density at radius 3 is 1.59 bits per heavy atom. The molecule has 9 aromatic rings. The first-order valence-corrected chi connectivity index (χ1v) is 35.0. The summed E-state index contributed by atoms with van der Waals surface area (Å²) in [5.41, 5.74) is 7.77. The van der Waals surface area contributed by atoms with E-state index in [2.05, 4.69) is 104 Å². The lowest BCUT2D eigenvalue weighted by Gasteiger charge is -2.15. The number of methoxy groups -OCH3 is 4. The van der Waals surface area contributed by atoms with Crippen LogP contribution < -0.4 is 47.4 Å². The van der Waals surface area contributed by atoms with Gasteiger partial charge in [0.1, 0.15) is 87.1 Å². The summed E-state index contributed by atoms with van der Waals surface area (Å²) in [6, 6.07) is 41.2. The van der Waals surface area contributed by atoms with E-state index in [9.17, 15) is 14.7 Å². The summed E-state index contributed by atoms with van der Waals surface area (Å²) in [4.78, 5) is 26.7. The highest BCUT2D eigenvalue weighted by atomic mass is 79.9. The van der Waals surface area contributed by atoms with E-state index < -0.39 is 0 Å². The third-order valence-electron chi connectivity index (χ3n) is 14.0. The number of carbonyl (C=O) groups is 2. The van der Waals surface area contributed by atoms with Crippen LogP contribution in [0.5, 0.6) is 80.5 Å². The Kier molecular flexibility index (Phi) is 32.9. The highest BCUT2D eigenvalue weighted by Gasteiger charge is 2.22. The summed E-state index contributed by atoms with van der Waals surface area (Å²) in [6.07, 6.45) is 8.42. The van der Waals surface area contributed by atoms with Crippen molar-refractivity contribution in [2.75, 3.05) is 77.5 Å². The number of aldehydes is 2. The van der Waals surface area contributed by atoms with Crippen LogP contribution in [0.2, 0.25) is 0 Å². The van der Waals surface area contributed by atoms with Crippen molar-refractivity contribution in [2.24, 2.45) is 0 Å². The molecule has 4 aliphatic heterocycles. The summed E-state index contributed by atoms with van der Waals surface area (Å²) in [5.74, 6) is 8.87. The van der Waals surface area contributed by atoms with Gasteiger partial charge in [-0.1, -0.05) is 53.9 Å². The summed E-state index contributed by atoms with van der Waals surface area (Å²) < 4.78 is 56.2. The molecule has 0 fully saturated rings. The number of aromatic nitrogens is 3. The van der Waals surface area contributed by atoms with E-state index in [1.165, 1.54) is 11.6 Å². The number of hydrogen-bond acceptors (Lipinski definition) is 18. The van der Waals surface area contributed by atoms with Crippen molar-refractivity contribution in [1.29, 1.82) is 0 Å². The van der Waals surface area contributed by atoms with Crippen LogP contribution in [-0.2, 0) is 32.3 Å². The SMILES string of the molecule is BrCCBr.CC(C)n1nccc1-c1ncccc1COc1ccc2c(c1C=O)CCO2.COc1ccc(O)c(Br)c1.COc1ccc(O)cc1.COc1ccc(OCCBr)c(Br)c1.COc1ccc2c(c1)CCO2.O=Cc1c(O)ccc2c1CCO2.Oc1ccc2c(c1)CCO2. The maximum atomic E-state index is 11.6. The Morgan fingerprint density at radius 2 is 1.01 bits per heavy atom. The average Bonchev–Trinajstić information content (AvgIpc) is 1.62. The van der Waals surface area contributed by atoms with E-state index in [0.717, 1.165) is 145 Å². The zero-order valence-electron chi connectivity index (χ0n) is 53.8. The Labute approximate surface area is 601 Å². The molecule has 0 radical (unpaired) electrons. The molecule has 0 bridgehead atoms. The lowest BCUT2D eigenvalue weighted by atomic mass is 10.1. The molecule has 0 atom stereocenters. The molecule has 0 saturated carbocycles. The molecule has 24 heteroatoms. The molecule has 0 aliphatic carbocycles. The molecule has 19 nitrogen and oxygen atoms in total. The van der Waals surface area contributed by atoms with Gasteiger partial charge in [-0.15, -0.1) is 0 Å². The van der Waals surface area contributed by atoms with E-state index in [1.54, 1.807) is 114 Å². The Balaban J connectivity index is 0.000000183. The molecule has 6 heterocycles. The molecule has 0 saturated heterocycles. The standard InChI is InChI=1S/C21H21N3O3.C9H10Br2O2.C9H8O3.C9H10O2.C8H8O2.C7H7BrO2.C7H8O2.C2H4Br2/c1-14(2)24-18(7-10-23-24)21-15(4-3-9-22-21)13-27-20-6-5-19-16(8-11-26-19)17(20)12-25;1-12-7-2-3-9(8(11)6-7)13-5-4-10;10-5-7-6-3-4-12-9(6)2-1-8(7)11;1-10-8-2-3-9-7(6-8)4-5-11-9;9-7-1-2-8-6(5-7)3-4-10-8;1-10-5-2-3-7(9)6(8)4-5;1-9-7-4-2-6(8)3-5-7;3-1-2-4/h3-7,9-10,12,14H,8,11,13H2,1-2H3;2-3,6H,4-5H2,1H3;1-2,5,11H,3-4H2;2-3,6H,4-5H2,1H3;1-2,5,9H,3-4H2;2-4,9H,1H3;2-5,8H,1H3;1-2H2. The highest BCUT2D eigenvalue weighted by Crippen LogP contribution is 2.37.